The van der Waals surface area contributed by atoms with Gasteiger partial charge in [-0.1, -0.05) is 12.2 Å². The summed E-state index contributed by atoms with van der Waals surface area (Å²) in [5.41, 5.74) is 2.36. The molecule has 1 saturated heterocycles. The van der Waals surface area contributed by atoms with Crippen molar-refractivity contribution in [2.24, 2.45) is 4.99 Å². The summed E-state index contributed by atoms with van der Waals surface area (Å²) in [6.45, 7) is 14.2. The van der Waals surface area contributed by atoms with Gasteiger partial charge in [0.1, 0.15) is 5.01 Å². The van der Waals surface area contributed by atoms with E-state index in [2.05, 4.69) is 52.9 Å². The molecule has 0 radical (unpaired) electrons. The number of nitrogens with one attached hydrogen (secondary N) is 2. The topological polar surface area (TPSA) is 52.5 Å². The molecule has 1 aliphatic heterocycles. The van der Waals surface area contributed by atoms with E-state index in [1.807, 2.05) is 7.05 Å². The minimum absolute atomic E-state index is 0. The highest BCUT2D eigenvalue weighted by molar-refractivity contribution is 14.0. The minimum Gasteiger partial charge on any atom is -0.354 e. The van der Waals surface area contributed by atoms with E-state index >= 15 is 0 Å². The van der Waals surface area contributed by atoms with Crippen LogP contribution in [0.2, 0.25) is 0 Å². The number of nitrogens with zero attached hydrogens (tertiary/aromatic N) is 3. The number of likely N-dealkylation sites (tertiary alicyclic amines) is 1. The molecule has 0 unspecified atom stereocenters. The van der Waals surface area contributed by atoms with E-state index in [1.165, 1.54) is 10.5 Å². The second-order valence-electron chi connectivity index (χ2n) is 6.33. The Morgan fingerprint density at radius 1 is 1.38 bits per heavy atom. The average molecular weight is 463 g/mol. The van der Waals surface area contributed by atoms with Crippen LogP contribution in [0.4, 0.5) is 0 Å². The Labute approximate surface area is 167 Å². The van der Waals surface area contributed by atoms with Gasteiger partial charge < -0.3 is 10.6 Å². The second kappa shape index (κ2) is 10.4. The zero-order valence-electron chi connectivity index (χ0n) is 15.2. The number of rotatable bonds is 5. The predicted octanol–water partition coefficient (Wildman–Crippen LogP) is 3.08. The Balaban J connectivity index is 0.00000288. The summed E-state index contributed by atoms with van der Waals surface area (Å²) in [5, 5.41) is 8.02. The van der Waals surface area contributed by atoms with Gasteiger partial charge in [0.15, 0.2) is 5.96 Å². The summed E-state index contributed by atoms with van der Waals surface area (Å²) in [6, 6.07) is 0.488. The van der Waals surface area contributed by atoms with Gasteiger partial charge in [-0.25, -0.2) is 4.98 Å². The van der Waals surface area contributed by atoms with Crippen molar-refractivity contribution in [1.82, 2.24) is 20.5 Å². The lowest BCUT2D eigenvalue weighted by Gasteiger charge is -2.33. The van der Waals surface area contributed by atoms with Crippen LogP contribution >= 0.6 is 35.3 Å². The van der Waals surface area contributed by atoms with Gasteiger partial charge in [-0.3, -0.25) is 9.89 Å². The van der Waals surface area contributed by atoms with E-state index in [1.54, 1.807) is 11.3 Å². The molecule has 5 nitrogen and oxygen atoms in total. The van der Waals surface area contributed by atoms with Gasteiger partial charge in [0.2, 0.25) is 0 Å². The molecule has 2 heterocycles. The molecule has 2 rings (SSSR count). The number of aliphatic imine (C=N–C) groups is 1. The molecular weight excluding hydrogens is 433 g/mol. The van der Waals surface area contributed by atoms with Crippen molar-refractivity contribution >= 4 is 41.3 Å². The van der Waals surface area contributed by atoms with Gasteiger partial charge in [0.05, 0.1) is 12.2 Å². The van der Waals surface area contributed by atoms with Gasteiger partial charge in [0, 0.05) is 37.6 Å². The molecule has 0 saturated carbocycles. The van der Waals surface area contributed by atoms with E-state index in [9.17, 15) is 0 Å². The summed E-state index contributed by atoms with van der Waals surface area (Å²) in [7, 11) is 1.82. The molecule has 0 aliphatic carbocycles. The van der Waals surface area contributed by atoms with Crippen LogP contribution in [-0.2, 0) is 6.54 Å². The number of guanidine groups is 1. The van der Waals surface area contributed by atoms with Crippen molar-refractivity contribution in [2.45, 2.75) is 46.2 Å². The first-order chi connectivity index (χ1) is 11.0. The SMILES string of the molecule is C=C(C)CN1CCC(NC(=NC)NCc2nc(C)c(C)s2)CC1.I. The van der Waals surface area contributed by atoms with Gasteiger partial charge in [-0.2, -0.15) is 0 Å². The number of thiazole rings is 1. The summed E-state index contributed by atoms with van der Waals surface area (Å²) in [6.07, 6.45) is 2.28. The Morgan fingerprint density at radius 2 is 2.04 bits per heavy atom. The van der Waals surface area contributed by atoms with Crippen molar-refractivity contribution in [3.8, 4) is 0 Å². The molecule has 1 aromatic rings. The summed E-state index contributed by atoms with van der Waals surface area (Å²) in [4.78, 5) is 12.7. The van der Waals surface area contributed by atoms with E-state index in [0.29, 0.717) is 6.04 Å². The molecule has 7 heteroatoms. The minimum atomic E-state index is 0. The van der Waals surface area contributed by atoms with Crippen molar-refractivity contribution in [2.75, 3.05) is 26.7 Å². The molecule has 0 amide bonds. The molecule has 2 N–H and O–H groups in total. The van der Waals surface area contributed by atoms with E-state index in [-0.39, 0.29) is 24.0 Å². The first-order valence-corrected chi connectivity index (χ1v) is 9.06. The average Bonchev–Trinajstić information content (AvgIpc) is 2.83. The quantitative estimate of drug-likeness (QED) is 0.305. The highest BCUT2D eigenvalue weighted by Gasteiger charge is 2.19. The van der Waals surface area contributed by atoms with E-state index < -0.39 is 0 Å². The molecule has 1 aromatic heterocycles. The van der Waals surface area contributed by atoms with Crippen molar-refractivity contribution in [3.05, 3.63) is 27.7 Å². The Bertz CT molecular complexity index is 542. The van der Waals surface area contributed by atoms with Gasteiger partial charge >= 0.3 is 0 Å². The van der Waals surface area contributed by atoms with Crippen molar-refractivity contribution in [1.29, 1.82) is 0 Å². The molecule has 0 atom stereocenters. The predicted molar refractivity (Wildman–Crippen MR) is 115 cm³/mol. The van der Waals surface area contributed by atoms with Crippen LogP contribution in [0.3, 0.4) is 0 Å². The fourth-order valence-corrected chi connectivity index (χ4v) is 3.65. The third kappa shape index (κ3) is 6.68. The lowest BCUT2D eigenvalue weighted by Crippen LogP contribution is -2.48. The Kier molecular flexibility index (Phi) is 9.22. The van der Waals surface area contributed by atoms with Gasteiger partial charge in [-0.05, 0) is 33.6 Å². The van der Waals surface area contributed by atoms with Crippen LogP contribution in [0.5, 0.6) is 0 Å². The normalized spacial score (nSPS) is 16.6. The standard InChI is InChI=1S/C17H29N5S.HI/c1-12(2)11-22-8-6-15(7-9-22)21-17(18-5)19-10-16-20-13(3)14(4)23-16;/h15H,1,6-11H2,2-5H3,(H2,18,19,21);1H. The summed E-state index contributed by atoms with van der Waals surface area (Å²) in [5.74, 6) is 0.869. The zero-order chi connectivity index (χ0) is 16.8. The summed E-state index contributed by atoms with van der Waals surface area (Å²) < 4.78 is 0. The molecular formula is C17H30IN5S. The number of hydrogen-bond acceptors (Lipinski definition) is 4. The second-order valence-corrected chi connectivity index (χ2v) is 7.61. The molecule has 0 bridgehead atoms. The first kappa shape index (κ1) is 21.4. The largest absolute Gasteiger partial charge is 0.354 e. The van der Waals surface area contributed by atoms with Crippen LogP contribution in [0, 0.1) is 13.8 Å². The molecule has 1 fully saturated rings. The maximum atomic E-state index is 4.56. The molecule has 1 aliphatic rings. The number of piperidine rings is 1. The summed E-state index contributed by atoms with van der Waals surface area (Å²) >= 11 is 1.75. The lowest BCUT2D eigenvalue weighted by atomic mass is 10.0. The Hall–Kier alpha value is -0.670. The van der Waals surface area contributed by atoms with Crippen LogP contribution in [0.1, 0.15) is 35.3 Å². The fraction of sp³-hybridized carbons (Fsp3) is 0.647. The molecule has 0 spiro atoms. The van der Waals surface area contributed by atoms with E-state index in [4.69, 9.17) is 0 Å². The maximum Gasteiger partial charge on any atom is 0.191 e. The highest BCUT2D eigenvalue weighted by atomic mass is 127. The third-order valence-corrected chi connectivity index (χ3v) is 5.20. The van der Waals surface area contributed by atoms with E-state index in [0.717, 1.165) is 55.7 Å². The monoisotopic (exact) mass is 463 g/mol. The van der Waals surface area contributed by atoms with Crippen molar-refractivity contribution in [3.63, 3.8) is 0 Å². The maximum absolute atomic E-state index is 4.56. The van der Waals surface area contributed by atoms with Crippen LogP contribution < -0.4 is 10.6 Å². The third-order valence-electron chi connectivity index (χ3n) is 4.13. The number of aromatic nitrogens is 1. The van der Waals surface area contributed by atoms with Crippen LogP contribution in [-0.4, -0.2) is 48.6 Å². The lowest BCUT2D eigenvalue weighted by molar-refractivity contribution is 0.221. The Morgan fingerprint density at radius 3 is 2.54 bits per heavy atom. The fourth-order valence-electron chi connectivity index (χ4n) is 2.78. The van der Waals surface area contributed by atoms with Crippen molar-refractivity contribution < 1.29 is 0 Å². The van der Waals surface area contributed by atoms with Gasteiger partial charge in [-0.15, -0.1) is 35.3 Å². The highest BCUT2D eigenvalue weighted by Crippen LogP contribution is 2.16. The number of halogens is 1. The zero-order valence-corrected chi connectivity index (χ0v) is 18.3. The number of hydrogen-bond donors (Lipinski definition) is 2. The molecule has 0 aromatic carbocycles. The van der Waals surface area contributed by atoms with Crippen LogP contribution in [0.25, 0.3) is 0 Å². The molecule has 24 heavy (non-hydrogen) atoms. The number of aryl methyl sites for hydroxylation is 2. The smallest absolute Gasteiger partial charge is 0.191 e. The first-order valence-electron chi connectivity index (χ1n) is 8.24. The molecule has 136 valence electrons. The van der Waals surface area contributed by atoms with Crippen LogP contribution in [0.15, 0.2) is 17.1 Å². The van der Waals surface area contributed by atoms with Gasteiger partial charge in [0.25, 0.3) is 0 Å².